The van der Waals surface area contributed by atoms with E-state index in [1.165, 1.54) is 11.3 Å². The molecule has 0 radical (unpaired) electrons. The first-order chi connectivity index (χ1) is 8.95. The van der Waals surface area contributed by atoms with Crippen LogP contribution in [0, 0.1) is 17.5 Å². The molecule has 1 aromatic heterocycles. The van der Waals surface area contributed by atoms with Crippen LogP contribution < -0.4 is 11.3 Å². The summed E-state index contributed by atoms with van der Waals surface area (Å²) in [7, 11) is 0. The van der Waals surface area contributed by atoms with Gasteiger partial charge in [0.15, 0.2) is 17.5 Å². The maximum absolute atomic E-state index is 13.8. The van der Waals surface area contributed by atoms with Gasteiger partial charge < -0.3 is 0 Å². The van der Waals surface area contributed by atoms with Gasteiger partial charge in [-0.15, -0.1) is 11.3 Å². The van der Waals surface area contributed by atoms with Gasteiger partial charge in [-0.1, -0.05) is 6.07 Å². The van der Waals surface area contributed by atoms with Crippen LogP contribution in [0.15, 0.2) is 25.8 Å². The Balaban J connectivity index is 2.54. The van der Waals surface area contributed by atoms with Gasteiger partial charge in [0.25, 0.3) is 0 Å². The average Bonchev–Trinajstić information content (AvgIpc) is 2.69. The molecule has 1 atom stereocenters. The molecule has 0 aliphatic rings. The van der Waals surface area contributed by atoms with Gasteiger partial charge in [0.2, 0.25) is 0 Å². The summed E-state index contributed by atoms with van der Waals surface area (Å²) in [6.07, 6.45) is 0. The Morgan fingerprint density at radius 1 is 1.11 bits per heavy atom. The maximum Gasteiger partial charge on any atom is 0.194 e. The van der Waals surface area contributed by atoms with E-state index in [1.54, 1.807) is 6.07 Å². The minimum atomic E-state index is -1.51. The van der Waals surface area contributed by atoms with E-state index in [0.29, 0.717) is 9.35 Å². The Morgan fingerprint density at radius 2 is 1.79 bits per heavy atom. The molecular weight excluding hydrogens is 409 g/mol. The molecular formula is C11H7Br2F3N2S. The summed E-state index contributed by atoms with van der Waals surface area (Å²) in [5.74, 6) is 1.41. The molecule has 1 unspecified atom stereocenters. The van der Waals surface area contributed by atoms with Gasteiger partial charge in [-0.05, 0) is 44.0 Å². The van der Waals surface area contributed by atoms with Crippen LogP contribution in [0.2, 0.25) is 0 Å². The van der Waals surface area contributed by atoms with Crippen LogP contribution in [0.4, 0.5) is 13.2 Å². The highest BCUT2D eigenvalue weighted by molar-refractivity contribution is 9.12. The van der Waals surface area contributed by atoms with E-state index in [9.17, 15) is 13.2 Å². The number of hydrazine groups is 1. The molecule has 1 aromatic carbocycles. The van der Waals surface area contributed by atoms with Gasteiger partial charge in [-0.2, -0.15) is 0 Å². The molecule has 2 rings (SSSR count). The Kier molecular flexibility index (Phi) is 4.67. The number of nitrogens with two attached hydrogens (primary N) is 1. The third-order valence-electron chi connectivity index (χ3n) is 2.54. The van der Waals surface area contributed by atoms with Crippen molar-refractivity contribution in [2.45, 2.75) is 6.04 Å². The second-order valence-electron chi connectivity index (χ2n) is 3.64. The highest BCUT2D eigenvalue weighted by atomic mass is 79.9. The minimum Gasteiger partial charge on any atom is -0.271 e. The fourth-order valence-electron chi connectivity index (χ4n) is 1.66. The lowest BCUT2D eigenvalue weighted by Gasteiger charge is -2.17. The average molecular weight is 416 g/mol. The lowest BCUT2D eigenvalue weighted by Crippen LogP contribution is -2.29. The van der Waals surface area contributed by atoms with Crippen LogP contribution in [-0.4, -0.2) is 0 Å². The van der Waals surface area contributed by atoms with Crippen molar-refractivity contribution in [1.82, 2.24) is 5.43 Å². The van der Waals surface area contributed by atoms with Gasteiger partial charge in [0.1, 0.15) is 0 Å². The molecule has 3 N–H and O–H groups in total. The van der Waals surface area contributed by atoms with Gasteiger partial charge in [-0.25, -0.2) is 18.6 Å². The minimum absolute atomic E-state index is 0.0626. The summed E-state index contributed by atoms with van der Waals surface area (Å²) in [5.41, 5.74) is 2.97. The third-order valence-corrected chi connectivity index (χ3v) is 4.92. The zero-order chi connectivity index (χ0) is 14.2. The molecule has 0 fully saturated rings. The second kappa shape index (κ2) is 5.92. The van der Waals surface area contributed by atoms with Crippen molar-refractivity contribution in [2.24, 2.45) is 5.84 Å². The van der Waals surface area contributed by atoms with E-state index < -0.39 is 23.5 Å². The van der Waals surface area contributed by atoms with Gasteiger partial charge in [0, 0.05) is 11.1 Å². The molecule has 0 amide bonds. The Bertz CT molecular complexity index is 618. The van der Waals surface area contributed by atoms with Gasteiger partial charge >= 0.3 is 0 Å². The van der Waals surface area contributed by atoms with Crippen molar-refractivity contribution in [3.8, 4) is 0 Å². The van der Waals surface area contributed by atoms with Crippen LogP contribution in [0.1, 0.15) is 17.2 Å². The zero-order valence-corrected chi connectivity index (χ0v) is 13.2. The van der Waals surface area contributed by atoms with Crippen LogP contribution in [0.5, 0.6) is 0 Å². The van der Waals surface area contributed by atoms with Gasteiger partial charge in [0.05, 0.1) is 13.6 Å². The molecule has 0 saturated carbocycles. The monoisotopic (exact) mass is 414 g/mol. The highest BCUT2D eigenvalue weighted by Gasteiger charge is 2.24. The zero-order valence-electron chi connectivity index (χ0n) is 9.18. The summed E-state index contributed by atoms with van der Waals surface area (Å²) in [6.45, 7) is 0. The van der Waals surface area contributed by atoms with E-state index in [0.717, 1.165) is 15.9 Å². The van der Waals surface area contributed by atoms with E-state index in [4.69, 9.17) is 5.84 Å². The molecule has 8 heteroatoms. The molecule has 0 aliphatic heterocycles. The normalized spacial score (nSPS) is 12.7. The Hall–Kier alpha value is -0.410. The Labute approximate surface area is 128 Å². The topological polar surface area (TPSA) is 38.0 Å². The molecule has 2 aromatic rings. The maximum atomic E-state index is 13.8. The SMILES string of the molecule is NNC(c1cc(Br)sc1Br)c1ccc(F)c(F)c1F. The molecule has 2 nitrogen and oxygen atoms in total. The fraction of sp³-hybridized carbons (Fsp3) is 0.0909. The van der Waals surface area contributed by atoms with Crippen molar-refractivity contribution < 1.29 is 13.2 Å². The number of rotatable bonds is 3. The first-order valence-electron chi connectivity index (χ1n) is 5.00. The lowest BCUT2D eigenvalue weighted by molar-refractivity contribution is 0.433. The first-order valence-corrected chi connectivity index (χ1v) is 7.40. The lowest BCUT2D eigenvalue weighted by atomic mass is 10.0. The van der Waals surface area contributed by atoms with Crippen molar-refractivity contribution in [1.29, 1.82) is 0 Å². The highest BCUT2D eigenvalue weighted by Crippen LogP contribution is 2.38. The summed E-state index contributed by atoms with van der Waals surface area (Å²) >= 11 is 7.97. The number of hydrogen-bond acceptors (Lipinski definition) is 3. The van der Waals surface area contributed by atoms with E-state index in [2.05, 4.69) is 37.3 Å². The van der Waals surface area contributed by atoms with Crippen molar-refractivity contribution >= 4 is 43.2 Å². The van der Waals surface area contributed by atoms with Crippen LogP contribution in [0.25, 0.3) is 0 Å². The first kappa shape index (κ1) is 15.0. The summed E-state index contributed by atoms with van der Waals surface area (Å²) in [4.78, 5) is 0. The smallest absolute Gasteiger partial charge is 0.194 e. The summed E-state index contributed by atoms with van der Waals surface area (Å²) in [6, 6.07) is 2.97. The van der Waals surface area contributed by atoms with E-state index >= 15 is 0 Å². The molecule has 0 saturated heterocycles. The summed E-state index contributed by atoms with van der Waals surface area (Å²) in [5, 5.41) is 0. The number of nitrogens with one attached hydrogen (secondary N) is 1. The molecule has 0 bridgehead atoms. The molecule has 0 aliphatic carbocycles. The molecule has 102 valence electrons. The number of benzene rings is 1. The number of halogens is 5. The molecule has 0 spiro atoms. The van der Waals surface area contributed by atoms with Crippen LogP contribution >= 0.6 is 43.2 Å². The van der Waals surface area contributed by atoms with E-state index in [-0.39, 0.29) is 5.56 Å². The molecule has 19 heavy (non-hydrogen) atoms. The van der Waals surface area contributed by atoms with Crippen molar-refractivity contribution in [3.05, 3.63) is 54.4 Å². The number of hydrogen-bond donors (Lipinski definition) is 2. The quantitative estimate of drug-likeness (QED) is 0.447. The fourth-order valence-corrected chi connectivity index (χ4v) is 4.56. The third kappa shape index (κ3) is 2.87. The standard InChI is InChI=1S/C11H7Br2F3N2S/c12-7-3-5(11(13)19-7)10(18-17)4-1-2-6(14)9(16)8(4)15/h1-3,10,18H,17H2. The second-order valence-corrected chi connectivity index (χ2v) is 7.39. The van der Waals surface area contributed by atoms with Gasteiger partial charge in [-0.3, -0.25) is 5.84 Å². The largest absolute Gasteiger partial charge is 0.271 e. The van der Waals surface area contributed by atoms with Crippen LogP contribution in [-0.2, 0) is 0 Å². The Morgan fingerprint density at radius 3 is 2.32 bits per heavy atom. The van der Waals surface area contributed by atoms with E-state index in [1.807, 2.05) is 0 Å². The van der Waals surface area contributed by atoms with Crippen molar-refractivity contribution in [3.63, 3.8) is 0 Å². The predicted molar refractivity (Wildman–Crippen MR) is 75.2 cm³/mol. The van der Waals surface area contributed by atoms with Crippen LogP contribution in [0.3, 0.4) is 0 Å². The summed E-state index contributed by atoms with van der Waals surface area (Å²) < 4.78 is 41.5. The molecule has 1 heterocycles. The predicted octanol–water partition coefficient (Wildman–Crippen LogP) is 4.24. The number of thiophene rings is 1. The van der Waals surface area contributed by atoms with Crippen molar-refractivity contribution in [2.75, 3.05) is 0 Å².